The molecule has 22 heavy (non-hydrogen) atoms. The normalized spacial score (nSPS) is 12.2. The molecular weight excluding hydrogens is 304 g/mol. The zero-order valence-corrected chi connectivity index (χ0v) is 13.8. The lowest BCUT2D eigenvalue weighted by atomic mass is 10.4. The van der Waals surface area contributed by atoms with Gasteiger partial charge in [0.05, 0.1) is 4.90 Å². The van der Waals surface area contributed by atoms with E-state index >= 15 is 0 Å². The topological polar surface area (TPSA) is 91.8 Å². The fourth-order valence-corrected chi connectivity index (χ4v) is 2.75. The molecule has 0 aliphatic rings. The van der Waals surface area contributed by atoms with Crippen LogP contribution < -0.4 is 15.4 Å². The third-order valence-electron chi connectivity index (χ3n) is 2.80. The van der Waals surface area contributed by atoms with Gasteiger partial charge in [0.25, 0.3) is 0 Å². The van der Waals surface area contributed by atoms with Gasteiger partial charge in [-0.2, -0.15) is 0 Å². The zero-order valence-electron chi connectivity index (χ0n) is 13.0. The van der Waals surface area contributed by atoms with Crippen LogP contribution in [0.2, 0.25) is 0 Å². The molecule has 0 aliphatic carbocycles. The third-order valence-corrected chi connectivity index (χ3v) is 4.28. The van der Waals surface area contributed by atoms with Crippen LogP contribution in [0.1, 0.15) is 6.42 Å². The smallest absolute Gasteiger partial charge is 0.240 e. The van der Waals surface area contributed by atoms with E-state index in [0.29, 0.717) is 19.1 Å². The second-order valence-corrected chi connectivity index (χ2v) is 6.25. The number of sulfonamides is 1. The van der Waals surface area contributed by atoms with Crippen molar-refractivity contribution in [2.24, 2.45) is 4.99 Å². The van der Waals surface area contributed by atoms with Crippen molar-refractivity contribution in [2.45, 2.75) is 11.3 Å². The minimum absolute atomic E-state index is 0.261. The average molecular weight is 328 g/mol. The Kier molecular flexibility index (Phi) is 8.49. The molecule has 1 aromatic carbocycles. The Morgan fingerprint density at radius 1 is 1.14 bits per heavy atom. The number of ether oxygens (including phenoxy) is 1. The van der Waals surface area contributed by atoms with Gasteiger partial charge in [-0.3, -0.25) is 4.99 Å². The van der Waals surface area contributed by atoms with E-state index in [4.69, 9.17) is 4.74 Å². The molecule has 0 atom stereocenters. The SMILES string of the molecule is CN=C(NCCCOC)NCCNS(=O)(=O)c1ccccc1. The maximum atomic E-state index is 12.0. The zero-order chi connectivity index (χ0) is 16.3. The molecule has 0 amide bonds. The van der Waals surface area contributed by atoms with E-state index in [1.165, 1.54) is 0 Å². The summed E-state index contributed by atoms with van der Waals surface area (Å²) >= 11 is 0. The third kappa shape index (κ3) is 6.88. The maximum absolute atomic E-state index is 12.0. The van der Waals surface area contributed by atoms with Crippen LogP contribution >= 0.6 is 0 Å². The van der Waals surface area contributed by atoms with Crippen molar-refractivity contribution in [1.29, 1.82) is 0 Å². The molecule has 0 fully saturated rings. The lowest BCUT2D eigenvalue weighted by molar-refractivity contribution is 0.195. The summed E-state index contributed by atoms with van der Waals surface area (Å²) in [6, 6.07) is 8.29. The van der Waals surface area contributed by atoms with Crippen molar-refractivity contribution in [3.05, 3.63) is 30.3 Å². The van der Waals surface area contributed by atoms with E-state index in [1.807, 2.05) is 0 Å². The van der Waals surface area contributed by atoms with Gasteiger partial charge in [-0.25, -0.2) is 13.1 Å². The van der Waals surface area contributed by atoms with Gasteiger partial charge in [0.2, 0.25) is 10.0 Å². The van der Waals surface area contributed by atoms with Gasteiger partial charge in [-0.05, 0) is 18.6 Å². The second kappa shape index (κ2) is 10.1. The summed E-state index contributed by atoms with van der Waals surface area (Å²) in [5, 5.41) is 6.16. The number of hydrogen-bond acceptors (Lipinski definition) is 4. The fraction of sp³-hybridized carbons (Fsp3) is 0.500. The first-order valence-electron chi connectivity index (χ1n) is 7.08. The van der Waals surface area contributed by atoms with Crippen LogP contribution in [0.25, 0.3) is 0 Å². The molecule has 124 valence electrons. The Hall–Kier alpha value is -1.64. The summed E-state index contributed by atoms with van der Waals surface area (Å²) in [6.45, 7) is 2.14. The Labute approximate surface area is 132 Å². The molecule has 3 N–H and O–H groups in total. The Balaban J connectivity index is 2.29. The van der Waals surface area contributed by atoms with Crippen molar-refractivity contribution in [3.8, 4) is 0 Å². The second-order valence-electron chi connectivity index (χ2n) is 4.48. The maximum Gasteiger partial charge on any atom is 0.240 e. The molecule has 0 radical (unpaired) electrons. The molecule has 0 heterocycles. The van der Waals surface area contributed by atoms with Crippen LogP contribution in [0.15, 0.2) is 40.2 Å². The van der Waals surface area contributed by atoms with E-state index in [0.717, 1.165) is 13.0 Å². The minimum Gasteiger partial charge on any atom is -0.385 e. The van der Waals surface area contributed by atoms with Crippen LogP contribution in [0.3, 0.4) is 0 Å². The quantitative estimate of drug-likeness (QED) is 0.341. The standard InChI is InChI=1S/C14H24N4O3S/c1-15-14(16-9-6-12-21-2)17-10-11-18-22(19,20)13-7-4-3-5-8-13/h3-5,7-8,18H,6,9-12H2,1-2H3,(H2,15,16,17). The van der Waals surface area contributed by atoms with Crippen LogP contribution in [-0.4, -0.2) is 54.8 Å². The number of benzene rings is 1. The van der Waals surface area contributed by atoms with Crippen molar-refractivity contribution < 1.29 is 13.2 Å². The average Bonchev–Trinajstić information content (AvgIpc) is 2.54. The largest absolute Gasteiger partial charge is 0.385 e. The molecule has 0 saturated carbocycles. The lowest BCUT2D eigenvalue weighted by Crippen LogP contribution is -2.41. The van der Waals surface area contributed by atoms with Crippen molar-refractivity contribution in [3.63, 3.8) is 0 Å². The molecule has 0 aromatic heterocycles. The predicted molar refractivity (Wildman–Crippen MR) is 87.5 cm³/mol. The van der Waals surface area contributed by atoms with Crippen LogP contribution in [0.4, 0.5) is 0 Å². The molecule has 8 heteroatoms. The number of guanidine groups is 1. The lowest BCUT2D eigenvalue weighted by Gasteiger charge is -2.12. The van der Waals surface area contributed by atoms with E-state index < -0.39 is 10.0 Å². The number of nitrogens with zero attached hydrogens (tertiary/aromatic N) is 1. The summed E-state index contributed by atoms with van der Waals surface area (Å²) < 4.78 is 31.5. The van der Waals surface area contributed by atoms with Gasteiger partial charge in [0, 0.05) is 40.4 Å². The predicted octanol–water partition coefficient (Wildman–Crippen LogP) is 0.166. The highest BCUT2D eigenvalue weighted by atomic mass is 32.2. The van der Waals surface area contributed by atoms with Gasteiger partial charge < -0.3 is 15.4 Å². The number of nitrogens with one attached hydrogen (secondary N) is 3. The van der Waals surface area contributed by atoms with E-state index in [1.54, 1.807) is 44.5 Å². The van der Waals surface area contributed by atoms with Gasteiger partial charge in [0.1, 0.15) is 0 Å². The Morgan fingerprint density at radius 3 is 2.45 bits per heavy atom. The van der Waals surface area contributed by atoms with Crippen LogP contribution in [0.5, 0.6) is 0 Å². The first kappa shape index (κ1) is 18.4. The monoisotopic (exact) mass is 328 g/mol. The highest BCUT2D eigenvalue weighted by Crippen LogP contribution is 2.06. The van der Waals surface area contributed by atoms with E-state index in [-0.39, 0.29) is 11.4 Å². The molecule has 0 saturated heterocycles. The number of hydrogen-bond donors (Lipinski definition) is 3. The first-order valence-corrected chi connectivity index (χ1v) is 8.56. The van der Waals surface area contributed by atoms with Gasteiger partial charge >= 0.3 is 0 Å². The Morgan fingerprint density at radius 2 is 1.82 bits per heavy atom. The number of rotatable bonds is 9. The number of aliphatic imine (C=N–C) groups is 1. The molecule has 0 spiro atoms. The van der Waals surface area contributed by atoms with E-state index in [9.17, 15) is 8.42 Å². The summed E-state index contributed by atoms with van der Waals surface area (Å²) in [5.41, 5.74) is 0. The first-order chi connectivity index (χ1) is 10.6. The molecular formula is C14H24N4O3S. The minimum atomic E-state index is -3.46. The highest BCUT2D eigenvalue weighted by molar-refractivity contribution is 7.89. The van der Waals surface area contributed by atoms with Gasteiger partial charge in [0.15, 0.2) is 5.96 Å². The van der Waals surface area contributed by atoms with Gasteiger partial charge in [-0.15, -0.1) is 0 Å². The van der Waals surface area contributed by atoms with Crippen LogP contribution in [-0.2, 0) is 14.8 Å². The van der Waals surface area contributed by atoms with Crippen LogP contribution in [0, 0.1) is 0 Å². The van der Waals surface area contributed by atoms with Crippen molar-refractivity contribution in [1.82, 2.24) is 15.4 Å². The summed E-state index contributed by atoms with van der Waals surface area (Å²) in [4.78, 5) is 4.32. The molecule has 1 rings (SSSR count). The molecule has 0 bridgehead atoms. The molecule has 7 nitrogen and oxygen atoms in total. The molecule has 1 aromatic rings. The summed E-state index contributed by atoms with van der Waals surface area (Å²) in [6.07, 6.45) is 0.873. The number of methoxy groups -OCH3 is 1. The fourth-order valence-electron chi connectivity index (χ4n) is 1.69. The van der Waals surface area contributed by atoms with Gasteiger partial charge in [-0.1, -0.05) is 18.2 Å². The molecule has 0 unspecified atom stereocenters. The summed E-state index contributed by atoms with van der Waals surface area (Å²) in [5.74, 6) is 0.634. The van der Waals surface area contributed by atoms with Crippen molar-refractivity contribution in [2.75, 3.05) is 40.4 Å². The molecule has 0 aliphatic heterocycles. The van der Waals surface area contributed by atoms with Crippen molar-refractivity contribution >= 4 is 16.0 Å². The highest BCUT2D eigenvalue weighted by Gasteiger charge is 2.11. The Bertz CT molecular complexity index is 546. The summed E-state index contributed by atoms with van der Waals surface area (Å²) in [7, 11) is -0.131. The van der Waals surface area contributed by atoms with E-state index in [2.05, 4.69) is 20.3 Å².